The summed E-state index contributed by atoms with van der Waals surface area (Å²) in [6, 6.07) is -2.09. The van der Waals surface area contributed by atoms with E-state index < -0.39 is 23.7 Å². The molecule has 5 nitrogen and oxygen atoms in total. The van der Waals surface area contributed by atoms with Crippen LogP contribution in [0.15, 0.2) is 0 Å². The lowest BCUT2D eigenvalue weighted by Gasteiger charge is -2.23. The van der Waals surface area contributed by atoms with Gasteiger partial charge in [-0.25, -0.2) is 0 Å². The molecule has 4 N–H and O–H groups in total. The molecule has 13 heavy (non-hydrogen) atoms. The molecule has 0 radical (unpaired) electrons. The highest BCUT2D eigenvalue weighted by molar-refractivity contribution is 5.81. The highest BCUT2D eigenvalue weighted by Gasteiger charge is 2.26. The van der Waals surface area contributed by atoms with Gasteiger partial charge >= 0.3 is 5.97 Å². The van der Waals surface area contributed by atoms with Gasteiger partial charge in [0.1, 0.15) is 17.9 Å². The third kappa shape index (κ3) is 4.59. The molecule has 0 heterocycles. The predicted octanol–water partition coefficient (Wildman–Crippen LogP) is -0.818. The molecule has 0 spiro atoms. The lowest BCUT2D eigenvalue weighted by Crippen LogP contribution is -2.50. The molecule has 0 rings (SSSR count). The minimum Gasteiger partial charge on any atom is -0.459 e. The van der Waals surface area contributed by atoms with Crippen molar-refractivity contribution < 1.29 is 14.3 Å². The Bertz CT molecular complexity index is 198. The molecular weight excluding hydrogens is 172 g/mol. The Hall–Kier alpha value is -0.940. The van der Waals surface area contributed by atoms with Crippen molar-refractivity contribution in [3.8, 4) is 0 Å². The first-order chi connectivity index (χ1) is 5.78. The molecule has 0 saturated carbocycles. The van der Waals surface area contributed by atoms with E-state index in [1.165, 1.54) is 0 Å². The Morgan fingerprint density at radius 1 is 1.38 bits per heavy atom. The van der Waals surface area contributed by atoms with Crippen LogP contribution in [-0.2, 0) is 14.3 Å². The fourth-order valence-corrected chi connectivity index (χ4v) is 0.612. The molecule has 0 aromatic rings. The topological polar surface area (TPSA) is 95.4 Å². The molecule has 2 atom stereocenters. The summed E-state index contributed by atoms with van der Waals surface area (Å²) in [4.78, 5) is 21.4. The van der Waals surface area contributed by atoms with Gasteiger partial charge in [0, 0.05) is 0 Å². The molecule has 0 aromatic heterocycles. The van der Waals surface area contributed by atoms with E-state index in [1.54, 1.807) is 20.8 Å². The van der Waals surface area contributed by atoms with Crippen LogP contribution in [0.2, 0.25) is 0 Å². The number of hydrogen-bond donors (Lipinski definition) is 2. The fraction of sp³-hybridized carbons (Fsp3) is 0.750. The molecular formula is C8H16N2O3. The summed E-state index contributed by atoms with van der Waals surface area (Å²) in [7, 11) is 0. The van der Waals surface area contributed by atoms with Gasteiger partial charge in [-0.1, -0.05) is 0 Å². The molecule has 0 aromatic carbocycles. The molecule has 0 aliphatic heterocycles. The van der Waals surface area contributed by atoms with E-state index in [0.29, 0.717) is 6.29 Å². The Morgan fingerprint density at radius 3 is 2.15 bits per heavy atom. The van der Waals surface area contributed by atoms with Crippen molar-refractivity contribution in [1.82, 2.24) is 0 Å². The van der Waals surface area contributed by atoms with Crippen LogP contribution in [0, 0.1) is 0 Å². The molecule has 0 fully saturated rings. The zero-order valence-corrected chi connectivity index (χ0v) is 8.11. The maximum atomic E-state index is 11.2. The van der Waals surface area contributed by atoms with Crippen LogP contribution >= 0.6 is 0 Å². The fourth-order valence-electron chi connectivity index (χ4n) is 0.612. The molecule has 0 bridgehead atoms. The smallest absolute Gasteiger partial charge is 0.325 e. The summed E-state index contributed by atoms with van der Waals surface area (Å²) in [6.07, 6.45) is 0.425. The third-order valence-electron chi connectivity index (χ3n) is 1.25. The molecule has 0 saturated heterocycles. The number of nitrogens with two attached hydrogens (primary N) is 2. The molecule has 2 unspecified atom stereocenters. The summed E-state index contributed by atoms with van der Waals surface area (Å²) in [6.45, 7) is 5.14. The highest BCUT2D eigenvalue weighted by atomic mass is 16.6. The lowest BCUT2D eigenvalue weighted by molar-refractivity contribution is -0.157. The van der Waals surface area contributed by atoms with Gasteiger partial charge in [-0.2, -0.15) is 0 Å². The van der Waals surface area contributed by atoms with Gasteiger partial charge in [0.25, 0.3) is 0 Å². The van der Waals surface area contributed by atoms with Gasteiger partial charge in [-0.15, -0.1) is 0 Å². The molecule has 0 aliphatic carbocycles. The SMILES string of the molecule is CC(C)(C)OC(=O)C(N)C(N)C=O. The Balaban J connectivity index is 4.19. The summed E-state index contributed by atoms with van der Waals surface area (Å²) in [5.41, 5.74) is 9.98. The van der Waals surface area contributed by atoms with E-state index in [9.17, 15) is 9.59 Å². The van der Waals surface area contributed by atoms with Crippen molar-refractivity contribution in [1.29, 1.82) is 0 Å². The van der Waals surface area contributed by atoms with Crippen LogP contribution in [0.3, 0.4) is 0 Å². The average Bonchev–Trinajstić information content (AvgIpc) is 1.98. The average molecular weight is 188 g/mol. The van der Waals surface area contributed by atoms with Crippen molar-refractivity contribution in [2.45, 2.75) is 38.5 Å². The third-order valence-corrected chi connectivity index (χ3v) is 1.25. The number of carbonyl (C=O) groups excluding carboxylic acids is 2. The van der Waals surface area contributed by atoms with Crippen LogP contribution in [-0.4, -0.2) is 29.9 Å². The zero-order chi connectivity index (χ0) is 10.6. The second-order valence-electron chi connectivity index (χ2n) is 3.77. The van der Waals surface area contributed by atoms with E-state index in [-0.39, 0.29) is 0 Å². The first kappa shape index (κ1) is 12.1. The van der Waals surface area contributed by atoms with Crippen LogP contribution in [0.1, 0.15) is 20.8 Å². The van der Waals surface area contributed by atoms with Crippen LogP contribution in [0.4, 0.5) is 0 Å². The van der Waals surface area contributed by atoms with Gasteiger partial charge in [-0.3, -0.25) is 4.79 Å². The highest BCUT2D eigenvalue weighted by Crippen LogP contribution is 2.08. The van der Waals surface area contributed by atoms with Crippen LogP contribution < -0.4 is 11.5 Å². The second-order valence-corrected chi connectivity index (χ2v) is 3.77. The van der Waals surface area contributed by atoms with Gasteiger partial charge in [-0.05, 0) is 20.8 Å². The van der Waals surface area contributed by atoms with Crippen LogP contribution in [0.25, 0.3) is 0 Å². The normalized spacial score (nSPS) is 16.1. The zero-order valence-electron chi connectivity index (χ0n) is 8.11. The number of ether oxygens (including phenoxy) is 1. The minimum absolute atomic E-state index is 0.425. The van der Waals surface area contributed by atoms with Crippen molar-refractivity contribution in [3.05, 3.63) is 0 Å². The van der Waals surface area contributed by atoms with E-state index >= 15 is 0 Å². The first-order valence-corrected chi connectivity index (χ1v) is 3.97. The van der Waals surface area contributed by atoms with Crippen molar-refractivity contribution >= 4 is 12.3 Å². The first-order valence-electron chi connectivity index (χ1n) is 3.97. The maximum Gasteiger partial charge on any atom is 0.325 e. The van der Waals surface area contributed by atoms with Gasteiger partial charge < -0.3 is 21.0 Å². The monoisotopic (exact) mass is 188 g/mol. The molecule has 0 amide bonds. The number of rotatable bonds is 3. The van der Waals surface area contributed by atoms with Crippen molar-refractivity contribution in [2.75, 3.05) is 0 Å². The Labute approximate surface area is 77.4 Å². The summed E-state index contributed by atoms with van der Waals surface area (Å²) in [5.74, 6) is -0.660. The van der Waals surface area contributed by atoms with Gasteiger partial charge in [0.15, 0.2) is 0 Å². The van der Waals surface area contributed by atoms with Crippen LogP contribution in [0.5, 0.6) is 0 Å². The predicted molar refractivity (Wildman–Crippen MR) is 47.9 cm³/mol. The molecule has 0 aliphatic rings. The van der Waals surface area contributed by atoms with Crippen molar-refractivity contribution in [3.63, 3.8) is 0 Å². The number of hydrogen-bond acceptors (Lipinski definition) is 5. The Morgan fingerprint density at radius 2 is 1.85 bits per heavy atom. The number of aldehydes is 1. The quantitative estimate of drug-likeness (QED) is 0.445. The second kappa shape index (κ2) is 4.34. The lowest BCUT2D eigenvalue weighted by atomic mass is 10.1. The number of carbonyl (C=O) groups is 2. The maximum absolute atomic E-state index is 11.2. The molecule has 5 heteroatoms. The van der Waals surface area contributed by atoms with Gasteiger partial charge in [0.05, 0.1) is 6.04 Å². The number of esters is 1. The van der Waals surface area contributed by atoms with E-state index in [0.717, 1.165) is 0 Å². The largest absolute Gasteiger partial charge is 0.459 e. The Kier molecular flexibility index (Phi) is 4.03. The van der Waals surface area contributed by atoms with Crippen molar-refractivity contribution in [2.24, 2.45) is 11.5 Å². The summed E-state index contributed by atoms with van der Waals surface area (Å²) in [5, 5.41) is 0. The molecule has 76 valence electrons. The summed E-state index contributed by atoms with van der Waals surface area (Å²) >= 11 is 0. The minimum atomic E-state index is -1.09. The summed E-state index contributed by atoms with van der Waals surface area (Å²) < 4.78 is 4.92. The van der Waals surface area contributed by atoms with Gasteiger partial charge in [0.2, 0.25) is 0 Å². The van der Waals surface area contributed by atoms with E-state index in [4.69, 9.17) is 16.2 Å². The van der Waals surface area contributed by atoms with E-state index in [2.05, 4.69) is 0 Å². The van der Waals surface area contributed by atoms with E-state index in [1.807, 2.05) is 0 Å². The standard InChI is InChI=1S/C8H16N2O3/c1-8(2,3)13-7(12)6(10)5(9)4-11/h4-6H,9-10H2,1-3H3.